The van der Waals surface area contributed by atoms with Crippen molar-refractivity contribution in [3.63, 3.8) is 0 Å². The number of nitrogens with zero attached hydrogens (tertiary/aromatic N) is 2. The van der Waals surface area contributed by atoms with Crippen molar-refractivity contribution in [3.05, 3.63) is 70.9 Å². The highest BCUT2D eigenvalue weighted by Gasteiger charge is 2.26. The maximum atomic E-state index is 13.5. The number of pyridine rings is 2. The zero-order chi connectivity index (χ0) is 20.4. The molecule has 2 N–H and O–H groups in total. The number of fused-ring (bicyclic) bond motifs is 1. The van der Waals surface area contributed by atoms with Crippen molar-refractivity contribution < 1.29 is 14.3 Å². The molecule has 0 spiro atoms. The lowest BCUT2D eigenvalue weighted by Crippen LogP contribution is -2.45. The Morgan fingerprint density at radius 1 is 1.21 bits per heavy atom. The number of benzene rings is 1. The Morgan fingerprint density at radius 3 is 2.83 bits per heavy atom. The molecule has 0 unspecified atom stereocenters. The second-order valence-corrected chi connectivity index (χ2v) is 7.70. The highest BCUT2D eigenvalue weighted by molar-refractivity contribution is 6.06. The molecule has 5 nitrogen and oxygen atoms in total. The standard InChI is InChI=1S/C23H24FN3O2/c1-14-16(11-15-8-10-25-21(24)12-15)13-18(22-17(14)5-4-9-26-22)23(29)27-19-6-2-3-7-20(19)28/h4-5,8-10,12-13,19-20,28H,2-3,6-7,11H2,1H3,(H,27,29)/t19-,20-/m0/s1. The quantitative estimate of drug-likeness (QED) is 0.663. The molecule has 0 radical (unpaired) electrons. The smallest absolute Gasteiger partial charge is 0.253 e. The fourth-order valence-electron chi connectivity index (χ4n) is 4.10. The van der Waals surface area contributed by atoms with Gasteiger partial charge in [-0.1, -0.05) is 18.9 Å². The van der Waals surface area contributed by atoms with Crippen LogP contribution in [0.4, 0.5) is 4.39 Å². The van der Waals surface area contributed by atoms with Gasteiger partial charge in [0.15, 0.2) is 0 Å². The molecule has 2 atom stereocenters. The molecule has 0 aliphatic heterocycles. The summed E-state index contributed by atoms with van der Waals surface area (Å²) in [6, 6.07) is 8.57. The molecule has 150 valence electrons. The van der Waals surface area contributed by atoms with Crippen molar-refractivity contribution in [1.29, 1.82) is 0 Å². The van der Waals surface area contributed by atoms with Crippen molar-refractivity contribution in [2.75, 3.05) is 0 Å². The number of aromatic nitrogens is 2. The minimum atomic E-state index is -0.521. The predicted octanol–water partition coefficient (Wildman–Crippen LogP) is 3.70. The third kappa shape index (κ3) is 4.12. The average molecular weight is 393 g/mol. The molecule has 4 rings (SSSR count). The Kier molecular flexibility index (Phi) is 5.53. The highest BCUT2D eigenvalue weighted by atomic mass is 19.1. The fraction of sp³-hybridized carbons (Fsp3) is 0.348. The predicted molar refractivity (Wildman–Crippen MR) is 109 cm³/mol. The minimum Gasteiger partial charge on any atom is -0.391 e. The lowest BCUT2D eigenvalue weighted by atomic mass is 9.91. The van der Waals surface area contributed by atoms with E-state index in [1.54, 1.807) is 12.3 Å². The van der Waals surface area contributed by atoms with E-state index in [0.29, 0.717) is 23.9 Å². The number of carbonyl (C=O) groups is 1. The molecule has 2 heterocycles. The average Bonchev–Trinajstić information content (AvgIpc) is 2.72. The summed E-state index contributed by atoms with van der Waals surface area (Å²) < 4.78 is 13.5. The van der Waals surface area contributed by atoms with Crippen LogP contribution in [-0.2, 0) is 6.42 Å². The van der Waals surface area contributed by atoms with Crippen LogP contribution >= 0.6 is 0 Å². The molecule has 1 saturated carbocycles. The second-order valence-electron chi connectivity index (χ2n) is 7.70. The first-order valence-corrected chi connectivity index (χ1v) is 9.99. The number of hydrogen-bond donors (Lipinski definition) is 2. The molecule has 29 heavy (non-hydrogen) atoms. The number of nitrogens with one attached hydrogen (secondary N) is 1. The number of aliphatic hydroxyl groups excluding tert-OH is 1. The monoisotopic (exact) mass is 393 g/mol. The number of amides is 1. The Hall–Kier alpha value is -2.86. The van der Waals surface area contributed by atoms with Gasteiger partial charge in [-0.2, -0.15) is 4.39 Å². The van der Waals surface area contributed by atoms with Gasteiger partial charge in [-0.3, -0.25) is 9.78 Å². The zero-order valence-corrected chi connectivity index (χ0v) is 16.4. The van der Waals surface area contributed by atoms with Crippen LogP contribution in [0.5, 0.6) is 0 Å². The molecule has 3 aromatic rings. The SMILES string of the molecule is Cc1c(Cc2ccnc(F)c2)cc(C(=O)N[C@H]2CCCC[C@@H]2O)c2ncccc12. The Morgan fingerprint density at radius 2 is 2.03 bits per heavy atom. The van der Waals surface area contributed by atoms with Crippen molar-refractivity contribution in [1.82, 2.24) is 15.3 Å². The summed E-state index contributed by atoms with van der Waals surface area (Å²) in [4.78, 5) is 21.2. The normalized spacial score (nSPS) is 19.3. The van der Waals surface area contributed by atoms with Crippen LogP contribution in [0.2, 0.25) is 0 Å². The van der Waals surface area contributed by atoms with Crippen molar-refractivity contribution >= 4 is 16.8 Å². The van der Waals surface area contributed by atoms with E-state index in [-0.39, 0.29) is 11.9 Å². The van der Waals surface area contributed by atoms with E-state index in [9.17, 15) is 14.3 Å². The van der Waals surface area contributed by atoms with Gasteiger partial charge in [0.1, 0.15) is 0 Å². The van der Waals surface area contributed by atoms with E-state index in [1.807, 2.05) is 25.1 Å². The van der Waals surface area contributed by atoms with Crippen LogP contribution in [0.3, 0.4) is 0 Å². The van der Waals surface area contributed by atoms with Crippen LogP contribution in [0.25, 0.3) is 10.9 Å². The van der Waals surface area contributed by atoms with Crippen LogP contribution in [0.1, 0.15) is 52.7 Å². The van der Waals surface area contributed by atoms with E-state index in [1.165, 1.54) is 12.3 Å². The van der Waals surface area contributed by atoms with E-state index in [0.717, 1.165) is 41.3 Å². The van der Waals surface area contributed by atoms with Crippen LogP contribution in [-0.4, -0.2) is 33.1 Å². The van der Waals surface area contributed by atoms with Crippen molar-refractivity contribution in [2.24, 2.45) is 0 Å². The highest BCUT2D eigenvalue weighted by Crippen LogP contribution is 2.27. The summed E-state index contributed by atoms with van der Waals surface area (Å²) in [7, 11) is 0. The van der Waals surface area contributed by atoms with Gasteiger partial charge in [0.05, 0.1) is 23.2 Å². The lowest BCUT2D eigenvalue weighted by molar-refractivity contribution is 0.0718. The van der Waals surface area contributed by atoms with Gasteiger partial charge in [0.25, 0.3) is 5.91 Å². The van der Waals surface area contributed by atoms with Gasteiger partial charge in [-0.05, 0) is 67.1 Å². The largest absolute Gasteiger partial charge is 0.391 e. The number of halogens is 1. The van der Waals surface area contributed by atoms with Crippen LogP contribution in [0, 0.1) is 12.9 Å². The van der Waals surface area contributed by atoms with E-state index >= 15 is 0 Å². The zero-order valence-electron chi connectivity index (χ0n) is 16.4. The molecule has 1 aliphatic carbocycles. The summed E-state index contributed by atoms with van der Waals surface area (Å²) in [5.74, 6) is -0.756. The van der Waals surface area contributed by atoms with E-state index in [2.05, 4.69) is 15.3 Å². The van der Waals surface area contributed by atoms with Crippen molar-refractivity contribution in [3.8, 4) is 0 Å². The third-order valence-electron chi connectivity index (χ3n) is 5.74. The van der Waals surface area contributed by atoms with Gasteiger partial charge in [0, 0.05) is 17.8 Å². The molecule has 2 aromatic heterocycles. The van der Waals surface area contributed by atoms with E-state index < -0.39 is 12.1 Å². The number of rotatable bonds is 4. The molecule has 0 saturated heterocycles. The topological polar surface area (TPSA) is 75.1 Å². The Labute approximate surface area is 169 Å². The third-order valence-corrected chi connectivity index (χ3v) is 5.74. The molecule has 1 fully saturated rings. The van der Waals surface area contributed by atoms with Gasteiger partial charge in [-0.15, -0.1) is 0 Å². The fourth-order valence-corrected chi connectivity index (χ4v) is 4.10. The van der Waals surface area contributed by atoms with Crippen molar-refractivity contribution in [2.45, 2.75) is 51.2 Å². The first-order chi connectivity index (χ1) is 14.0. The molecular weight excluding hydrogens is 369 g/mol. The maximum Gasteiger partial charge on any atom is 0.253 e. The summed E-state index contributed by atoms with van der Waals surface area (Å²) in [6.07, 6.45) is 6.54. The van der Waals surface area contributed by atoms with Crippen LogP contribution < -0.4 is 5.32 Å². The lowest BCUT2D eigenvalue weighted by Gasteiger charge is -2.28. The number of carbonyl (C=O) groups excluding carboxylic acids is 1. The summed E-state index contributed by atoms with van der Waals surface area (Å²) in [6.45, 7) is 1.99. The molecule has 6 heteroatoms. The molecule has 0 bridgehead atoms. The molecular formula is C23H24FN3O2. The Balaban J connectivity index is 1.72. The number of aryl methyl sites for hydroxylation is 1. The second kappa shape index (κ2) is 8.25. The Bertz CT molecular complexity index is 1050. The summed E-state index contributed by atoms with van der Waals surface area (Å²) in [5, 5.41) is 14.1. The first-order valence-electron chi connectivity index (χ1n) is 9.99. The number of aliphatic hydroxyl groups is 1. The summed E-state index contributed by atoms with van der Waals surface area (Å²) in [5.41, 5.74) is 3.86. The maximum absolute atomic E-state index is 13.5. The summed E-state index contributed by atoms with van der Waals surface area (Å²) >= 11 is 0. The van der Waals surface area contributed by atoms with Crippen LogP contribution in [0.15, 0.2) is 42.7 Å². The van der Waals surface area contributed by atoms with Gasteiger partial charge in [0.2, 0.25) is 5.95 Å². The molecule has 1 aliphatic rings. The molecule has 1 aromatic carbocycles. The molecule has 1 amide bonds. The van der Waals surface area contributed by atoms with E-state index in [4.69, 9.17) is 0 Å². The first kappa shape index (κ1) is 19.5. The van der Waals surface area contributed by atoms with Gasteiger partial charge < -0.3 is 10.4 Å². The van der Waals surface area contributed by atoms with Gasteiger partial charge in [-0.25, -0.2) is 4.98 Å². The number of hydrogen-bond acceptors (Lipinski definition) is 4. The minimum absolute atomic E-state index is 0.234. The van der Waals surface area contributed by atoms with Gasteiger partial charge >= 0.3 is 0 Å².